The fraction of sp³-hybridized carbons (Fsp3) is 0.286. The van der Waals surface area contributed by atoms with Crippen molar-refractivity contribution in [3.8, 4) is 0 Å². The number of rotatable bonds is 11. The molecule has 3 rings (SSSR count). The minimum absolute atomic E-state index is 0.00976. The Labute approximate surface area is 218 Å². The van der Waals surface area contributed by atoms with E-state index in [0.29, 0.717) is 6.54 Å². The van der Waals surface area contributed by atoms with E-state index in [1.54, 1.807) is 25.1 Å². The molecular weight excluding hydrogens is 493 g/mol. The third-order valence-corrected chi connectivity index (χ3v) is 7.56. The van der Waals surface area contributed by atoms with Crippen molar-refractivity contribution in [2.75, 3.05) is 17.4 Å². The third-order valence-electron chi connectivity index (χ3n) is 5.77. The second-order valence-electron chi connectivity index (χ2n) is 9.12. The lowest BCUT2D eigenvalue weighted by atomic mass is 10.1. The summed E-state index contributed by atoms with van der Waals surface area (Å²) in [5.74, 6) is -1.22. The summed E-state index contributed by atoms with van der Waals surface area (Å²) >= 11 is 0. The number of carbonyl (C=O) groups excluding carboxylic acids is 2. The molecule has 2 amide bonds. The summed E-state index contributed by atoms with van der Waals surface area (Å²) in [7, 11) is -4.17. The number of hydrogen-bond donors (Lipinski definition) is 1. The van der Waals surface area contributed by atoms with Crippen molar-refractivity contribution in [3.05, 3.63) is 96.3 Å². The van der Waals surface area contributed by atoms with Gasteiger partial charge in [0, 0.05) is 13.1 Å². The summed E-state index contributed by atoms with van der Waals surface area (Å²) in [5, 5.41) is 2.84. The fourth-order valence-corrected chi connectivity index (χ4v) is 5.11. The van der Waals surface area contributed by atoms with Crippen molar-refractivity contribution >= 4 is 27.5 Å². The molecule has 7 nitrogen and oxygen atoms in total. The molecule has 0 spiro atoms. The van der Waals surface area contributed by atoms with Crippen LogP contribution < -0.4 is 9.62 Å². The molecule has 0 radical (unpaired) electrons. The van der Waals surface area contributed by atoms with Gasteiger partial charge in [-0.2, -0.15) is 0 Å². The zero-order chi connectivity index (χ0) is 27.0. The van der Waals surface area contributed by atoms with Crippen LogP contribution in [0.1, 0.15) is 26.3 Å². The van der Waals surface area contributed by atoms with Gasteiger partial charge in [0.2, 0.25) is 11.8 Å². The van der Waals surface area contributed by atoms with Gasteiger partial charge in [-0.25, -0.2) is 12.8 Å². The average molecular weight is 526 g/mol. The molecule has 3 aromatic carbocycles. The van der Waals surface area contributed by atoms with E-state index < -0.39 is 34.3 Å². The molecule has 0 aromatic heterocycles. The Hall–Kier alpha value is -3.72. The molecule has 0 saturated carbocycles. The highest BCUT2D eigenvalue weighted by molar-refractivity contribution is 7.92. The predicted octanol–water partition coefficient (Wildman–Crippen LogP) is 4.21. The first-order chi connectivity index (χ1) is 17.6. The predicted molar refractivity (Wildman–Crippen MR) is 142 cm³/mol. The lowest BCUT2D eigenvalue weighted by Crippen LogP contribution is -2.51. The monoisotopic (exact) mass is 525 g/mol. The number of halogens is 1. The van der Waals surface area contributed by atoms with Crippen LogP contribution in [0.25, 0.3) is 0 Å². The van der Waals surface area contributed by atoms with Crippen molar-refractivity contribution in [1.29, 1.82) is 0 Å². The summed E-state index contributed by atoms with van der Waals surface area (Å²) in [6.07, 6.45) is 0. The summed E-state index contributed by atoms with van der Waals surface area (Å²) in [6.45, 7) is 5.53. The Bertz CT molecular complexity index is 1280. The zero-order valence-corrected chi connectivity index (χ0v) is 22.0. The Balaban J connectivity index is 1.97. The number of benzene rings is 3. The van der Waals surface area contributed by atoms with E-state index in [4.69, 9.17) is 0 Å². The van der Waals surface area contributed by atoms with Crippen LogP contribution in [0.2, 0.25) is 0 Å². The van der Waals surface area contributed by atoms with Crippen molar-refractivity contribution in [2.24, 2.45) is 5.92 Å². The van der Waals surface area contributed by atoms with Crippen LogP contribution in [0.5, 0.6) is 0 Å². The zero-order valence-electron chi connectivity index (χ0n) is 21.2. The lowest BCUT2D eigenvalue weighted by molar-refractivity contribution is -0.139. The minimum atomic E-state index is -4.17. The first-order valence-electron chi connectivity index (χ1n) is 12.0. The molecule has 0 fully saturated rings. The number of carbonyl (C=O) groups is 2. The van der Waals surface area contributed by atoms with E-state index in [0.717, 1.165) is 22.0 Å². The first-order valence-corrected chi connectivity index (χ1v) is 13.5. The smallest absolute Gasteiger partial charge is 0.264 e. The molecule has 0 heterocycles. The van der Waals surface area contributed by atoms with Gasteiger partial charge in [0.25, 0.3) is 10.0 Å². The normalized spacial score (nSPS) is 12.1. The standard InChI is InChI=1S/C28H32FN3O4S/c1-21(2)18-30-28(34)22(3)31(19-23-10-6-4-7-11-23)27(33)20-32(25-16-14-24(29)15-17-25)37(35,36)26-12-8-5-9-13-26/h4-17,21-22H,18-20H2,1-3H3,(H,30,34)/t22-/m0/s1. The highest BCUT2D eigenvalue weighted by Gasteiger charge is 2.32. The van der Waals surface area contributed by atoms with Crippen molar-refractivity contribution in [3.63, 3.8) is 0 Å². The summed E-state index contributed by atoms with van der Waals surface area (Å²) in [5.41, 5.74) is 0.925. The molecule has 3 aromatic rings. The van der Waals surface area contributed by atoms with E-state index in [1.165, 1.54) is 29.2 Å². The van der Waals surface area contributed by atoms with Gasteiger partial charge in [0.15, 0.2) is 0 Å². The van der Waals surface area contributed by atoms with Gasteiger partial charge in [0.05, 0.1) is 10.6 Å². The molecule has 37 heavy (non-hydrogen) atoms. The number of hydrogen-bond acceptors (Lipinski definition) is 4. The lowest BCUT2D eigenvalue weighted by Gasteiger charge is -2.32. The highest BCUT2D eigenvalue weighted by atomic mass is 32.2. The maximum atomic E-state index is 13.7. The quantitative estimate of drug-likeness (QED) is 0.406. The maximum absolute atomic E-state index is 13.7. The molecule has 9 heteroatoms. The van der Waals surface area contributed by atoms with Gasteiger partial charge in [0.1, 0.15) is 18.4 Å². The first kappa shape index (κ1) is 27.9. The van der Waals surface area contributed by atoms with Crippen molar-refractivity contribution < 1.29 is 22.4 Å². The average Bonchev–Trinajstić information content (AvgIpc) is 2.90. The topological polar surface area (TPSA) is 86.8 Å². The van der Waals surface area contributed by atoms with E-state index in [9.17, 15) is 22.4 Å². The van der Waals surface area contributed by atoms with Crippen LogP contribution in [-0.2, 0) is 26.2 Å². The molecule has 0 aliphatic rings. The number of nitrogens with one attached hydrogen (secondary N) is 1. The van der Waals surface area contributed by atoms with Gasteiger partial charge < -0.3 is 10.2 Å². The summed E-state index contributed by atoms with van der Waals surface area (Å²) < 4.78 is 41.8. The molecule has 0 bridgehead atoms. The van der Waals surface area contributed by atoms with Crippen molar-refractivity contribution in [1.82, 2.24) is 10.2 Å². The van der Waals surface area contributed by atoms with Gasteiger partial charge in [-0.15, -0.1) is 0 Å². The summed E-state index contributed by atoms with van der Waals surface area (Å²) in [4.78, 5) is 28.0. The van der Waals surface area contributed by atoms with E-state index in [-0.39, 0.29) is 29.0 Å². The van der Waals surface area contributed by atoms with E-state index in [1.807, 2.05) is 44.2 Å². The van der Waals surface area contributed by atoms with E-state index in [2.05, 4.69) is 5.32 Å². The molecule has 1 N–H and O–H groups in total. The van der Waals surface area contributed by atoms with E-state index >= 15 is 0 Å². The Morgan fingerprint density at radius 3 is 2.00 bits per heavy atom. The number of anilines is 1. The van der Waals surface area contributed by atoms with Crippen LogP contribution in [0, 0.1) is 11.7 Å². The van der Waals surface area contributed by atoms with Crippen LogP contribution in [0.3, 0.4) is 0 Å². The van der Waals surface area contributed by atoms with Gasteiger partial charge >= 0.3 is 0 Å². The van der Waals surface area contributed by atoms with Crippen LogP contribution in [0.15, 0.2) is 89.8 Å². The van der Waals surface area contributed by atoms with Crippen LogP contribution >= 0.6 is 0 Å². The van der Waals surface area contributed by atoms with Gasteiger partial charge in [-0.3, -0.25) is 13.9 Å². The fourth-order valence-electron chi connectivity index (χ4n) is 3.67. The summed E-state index contributed by atoms with van der Waals surface area (Å²) in [6, 6.07) is 20.9. The molecule has 0 aliphatic heterocycles. The van der Waals surface area contributed by atoms with Crippen LogP contribution in [-0.4, -0.2) is 44.3 Å². The van der Waals surface area contributed by atoms with Crippen LogP contribution in [0.4, 0.5) is 10.1 Å². The third kappa shape index (κ3) is 7.39. The molecule has 0 unspecified atom stereocenters. The number of amides is 2. The molecule has 0 saturated heterocycles. The minimum Gasteiger partial charge on any atom is -0.354 e. The Kier molecular flexibility index (Phi) is 9.41. The SMILES string of the molecule is CC(C)CNC(=O)[C@H](C)N(Cc1ccccc1)C(=O)CN(c1ccc(F)cc1)S(=O)(=O)c1ccccc1. The largest absolute Gasteiger partial charge is 0.354 e. The van der Waals surface area contributed by atoms with Gasteiger partial charge in [-0.1, -0.05) is 62.4 Å². The Morgan fingerprint density at radius 1 is 0.865 bits per heavy atom. The second-order valence-corrected chi connectivity index (χ2v) is 11.0. The molecule has 0 aliphatic carbocycles. The molecule has 1 atom stereocenters. The highest BCUT2D eigenvalue weighted by Crippen LogP contribution is 2.24. The molecule has 196 valence electrons. The maximum Gasteiger partial charge on any atom is 0.264 e. The molecular formula is C28H32FN3O4S. The number of nitrogens with zero attached hydrogens (tertiary/aromatic N) is 2. The van der Waals surface area contributed by atoms with Crippen molar-refractivity contribution in [2.45, 2.75) is 38.3 Å². The second kappa shape index (κ2) is 12.5. The van der Waals surface area contributed by atoms with Gasteiger partial charge in [-0.05, 0) is 54.8 Å². The Morgan fingerprint density at radius 2 is 1.43 bits per heavy atom. The number of sulfonamides is 1.